The van der Waals surface area contributed by atoms with Crippen LogP contribution in [0.4, 0.5) is 0 Å². The third kappa shape index (κ3) is 24.5. The molecule has 0 aromatic carbocycles. The van der Waals surface area contributed by atoms with E-state index >= 15 is 0 Å². The van der Waals surface area contributed by atoms with Gasteiger partial charge in [0.1, 0.15) is 0 Å². The number of nitrogens with one attached hydrogen (secondary N) is 2. The molecule has 0 heterocycles. The van der Waals surface area contributed by atoms with Crippen LogP contribution in [0.3, 0.4) is 0 Å². The van der Waals surface area contributed by atoms with E-state index in [4.69, 9.17) is 0 Å². The number of unbranched alkanes of at least 4 members (excludes halogenated alkanes) is 3. The Kier molecular flexibility index (Phi) is 33.4. The van der Waals surface area contributed by atoms with Gasteiger partial charge in [-0.05, 0) is 58.9 Å². The molecule has 7 heteroatoms. The zero-order valence-corrected chi connectivity index (χ0v) is 18.7. The van der Waals surface area contributed by atoms with Gasteiger partial charge in [-0.3, -0.25) is 0 Å². The Balaban J connectivity index is -0.000000807. The molecule has 0 saturated carbocycles. The molecule has 26 heavy (non-hydrogen) atoms. The highest BCUT2D eigenvalue weighted by Gasteiger charge is 2.07. The van der Waals surface area contributed by atoms with Crippen molar-refractivity contribution in [1.29, 1.82) is 0 Å². The first-order valence-electron chi connectivity index (χ1n) is 9.56. The van der Waals surface area contributed by atoms with Gasteiger partial charge < -0.3 is 25.7 Å². The molecule has 0 aliphatic carbocycles. The largest absolute Gasteiger partial charge is 0.392 e. The zero-order chi connectivity index (χ0) is 17.3. The second-order valence-electron chi connectivity index (χ2n) is 6.62. The van der Waals surface area contributed by atoms with Crippen LogP contribution in [-0.4, -0.2) is 73.6 Å². The molecule has 0 aromatic heterocycles. The van der Waals surface area contributed by atoms with Crippen molar-refractivity contribution in [3.63, 3.8) is 0 Å². The van der Waals surface area contributed by atoms with Crippen LogP contribution < -0.4 is 10.6 Å². The first-order chi connectivity index (χ1) is 11.1. The maximum Gasteiger partial charge on any atom is 0.0679 e. The van der Waals surface area contributed by atoms with Gasteiger partial charge >= 0.3 is 0 Å². The molecule has 5 nitrogen and oxygen atoms in total. The molecule has 4 N–H and O–H groups in total. The second-order valence-corrected chi connectivity index (χ2v) is 6.62. The van der Waals surface area contributed by atoms with E-state index in [1.54, 1.807) is 0 Å². The predicted molar refractivity (Wildman–Crippen MR) is 126 cm³/mol. The standard InChI is InChI=1S/C18H41N3O2.CH4.2H2S/c1-4-6-7-10-17(22)15-20-12-8-9-14-21(3)16-18(23)11-13-19-5-2;;;/h17-20,22-23H,4-16H2,1-3H3;1H4;2*1H2/t17-,18-;;;/m0.../s1. The minimum Gasteiger partial charge on any atom is -0.392 e. The predicted octanol–water partition coefficient (Wildman–Crippen LogP) is 2.45. The van der Waals surface area contributed by atoms with Gasteiger partial charge in [-0.25, -0.2) is 0 Å². The molecule has 164 valence electrons. The van der Waals surface area contributed by atoms with Gasteiger partial charge in [-0.15, -0.1) is 0 Å². The minimum atomic E-state index is -0.240. The molecule has 0 bridgehead atoms. The van der Waals surface area contributed by atoms with Crippen molar-refractivity contribution in [3.8, 4) is 0 Å². The van der Waals surface area contributed by atoms with Crippen LogP contribution in [0.25, 0.3) is 0 Å². The van der Waals surface area contributed by atoms with E-state index in [0.29, 0.717) is 6.54 Å². The Morgan fingerprint density at radius 3 is 2.15 bits per heavy atom. The summed E-state index contributed by atoms with van der Waals surface area (Å²) in [5.41, 5.74) is 0. The van der Waals surface area contributed by atoms with Crippen LogP contribution in [0.15, 0.2) is 0 Å². The molecule has 0 amide bonds. The summed E-state index contributed by atoms with van der Waals surface area (Å²) in [6, 6.07) is 0. The lowest BCUT2D eigenvalue weighted by atomic mass is 10.1. The second kappa shape index (κ2) is 25.5. The van der Waals surface area contributed by atoms with Crippen LogP contribution in [0, 0.1) is 0 Å². The van der Waals surface area contributed by atoms with Crippen LogP contribution in [0.5, 0.6) is 0 Å². The average Bonchev–Trinajstić information content (AvgIpc) is 2.51. The first kappa shape index (κ1) is 34.0. The van der Waals surface area contributed by atoms with Crippen LogP contribution in [0.1, 0.15) is 66.2 Å². The maximum absolute atomic E-state index is 9.91. The van der Waals surface area contributed by atoms with Crippen LogP contribution >= 0.6 is 27.0 Å². The molecular formula is C19H49N3O2S2. The van der Waals surface area contributed by atoms with E-state index in [9.17, 15) is 10.2 Å². The van der Waals surface area contributed by atoms with Crippen molar-refractivity contribution in [2.75, 3.05) is 46.3 Å². The lowest BCUT2D eigenvalue weighted by Gasteiger charge is -2.20. The fourth-order valence-electron chi connectivity index (χ4n) is 2.62. The highest BCUT2D eigenvalue weighted by Crippen LogP contribution is 2.02. The summed E-state index contributed by atoms with van der Waals surface area (Å²) in [6.45, 7) is 9.54. The molecule has 0 aliphatic rings. The van der Waals surface area contributed by atoms with Crippen LogP contribution in [-0.2, 0) is 0 Å². The molecule has 0 unspecified atom stereocenters. The Morgan fingerprint density at radius 2 is 1.54 bits per heavy atom. The summed E-state index contributed by atoms with van der Waals surface area (Å²) in [6.07, 6.45) is 7.06. The highest BCUT2D eigenvalue weighted by molar-refractivity contribution is 7.59. The van der Waals surface area contributed by atoms with E-state index in [2.05, 4.69) is 36.4 Å². The van der Waals surface area contributed by atoms with Gasteiger partial charge in [0.05, 0.1) is 12.2 Å². The maximum atomic E-state index is 9.91. The van der Waals surface area contributed by atoms with Crippen molar-refractivity contribution in [3.05, 3.63) is 0 Å². The molecule has 0 rings (SSSR count). The smallest absolute Gasteiger partial charge is 0.0679 e. The average molecular weight is 416 g/mol. The van der Waals surface area contributed by atoms with Crippen molar-refractivity contribution >= 4 is 27.0 Å². The Bertz CT molecular complexity index is 253. The third-order valence-corrected chi connectivity index (χ3v) is 4.09. The number of aliphatic hydroxyl groups excluding tert-OH is 2. The molecule has 0 radical (unpaired) electrons. The lowest BCUT2D eigenvalue weighted by molar-refractivity contribution is 0.117. The quantitative estimate of drug-likeness (QED) is 0.275. The summed E-state index contributed by atoms with van der Waals surface area (Å²) < 4.78 is 0. The first-order valence-corrected chi connectivity index (χ1v) is 9.56. The lowest BCUT2D eigenvalue weighted by Crippen LogP contribution is -2.32. The molecule has 2 atom stereocenters. The summed E-state index contributed by atoms with van der Waals surface area (Å²) in [5.74, 6) is 0. The van der Waals surface area contributed by atoms with Crippen molar-refractivity contribution in [1.82, 2.24) is 15.5 Å². The van der Waals surface area contributed by atoms with E-state index in [1.165, 1.54) is 12.8 Å². The fraction of sp³-hybridized carbons (Fsp3) is 1.00. The van der Waals surface area contributed by atoms with Gasteiger partial charge in [0, 0.05) is 13.1 Å². The van der Waals surface area contributed by atoms with Gasteiger partial charge in [0.2, 0.25) is 0 Å². The van der Waals surface area contributed by atoms with Gasteiger partial charge in [-0.1, -0.05) is 40.5 Å². The fourth-order valence-corrected chi connectivity index (χ4v) is 2.62. The van der Waals surface area contributed by atoms with Crippen LogP contribution in [0.2, 0.25) is 0 Å². The van der Waals surface area contributed by atoms with E-state index in [1.807, 2.05) is 0 Å². The molecule has 0 spiro atoms. The topological polar surface area (TPSA) is 67.8 Å². The summed E-state index contributed by atoms with van der Waals surface area (Å²) in [5, 5.41) is 26.3. The number of rotatable bonds is 17. The normalized spacial score (nSPS) is 12.7. The summed E-state index contributed by atoms with van der Waals surface area (Å²) in [7, 11) is 2.07. The Morgan fingerprint density at radius 1 is 0.846 bits per heavy atom. The Hall–Kier alpha value is 0.500. The number of hydrogen-bond acceptors (Lipinski definition) is 5. The Labute approximate surface area is 177 Å². The molecular weight excluding hydrogens is 366 g/mol. The SMILES string of the molecule is C.CCCCC[C@H](O)CNCCCCN(C)C[C@@H](O)CCNCC.S.S. The van der Waals surface area contributed by atoms with Crippen molar-refractivity contribution in [2.24, 2.45) is 0 Å². The van der Waals surface area contributed by atoms with Gasteiger partial charge in [0.15, 0.2) is 0 Å². The van der Waals surface area contributed by atoms with E-state index < -0.39 is 0 Å². The van der Waals surface area contributed by atoms with Gasteiger partial charge in [0.25, 0.3) is 0 Å². The van der Waals surface area contributed by atoms with Crippen molar-refractivity contribution in [2.45, 2.75) is 78.4 Å². The monoisotopic (exact) mass is 415 g/mol. The van der Waals surface area contributed by atoms with E-state index in [-0.39, 0.29) is 46.6 Å². The number of aliphatic hydroxyl groups is 2. The minimum absolute atomic E-state index is 0. The molecule has 0 aliphatic heterocycles. The zero-order valence-electron chi connectivity index (χ0n) is 16.7. The number of nitrogens with zero attached hydrogens (tertiary/aromatic N) is 1. The number of likely N-dealkylation sites (N-methyl/N-ethyl adjacent to an activating group) is 1. The number of hydrogen-bond donors (Lipinski definition) is 4. The molecule has 0 aromatic rings. The third-order valence-electron chi connectivity index (χ3n) is 4.09. The summed E-state index contributed by atoms with van der Waals surface area (Å²) >= 11 is 0. The molecule has 0 saturated heterocycles. The van der Waals surface area contributed by atoms with Gasteiger partial charge in [-0.2, -0.15) is 27.0 Å². The molecule has 0 fully saturated rings. The summed E-state index contributed by atoms with van der Waals surface area (Å²) in [4.78, 5) is 2.20. The van der Waals surface area contributed by atoms with Crippen molar-refractivity contribution < 1.29 is 10.2 Å². The highest BCUT2D eigenvalue weighted by atomic mass is 32.1. The van der Waals surface area contributed by atoms with E-state index in [0.717, 1.165) is 64.8 Å².